The smallest absolute Gasteiger partial charge is 0.337 e. The Labute approximate surface area is 229 Å². The lowest BCUT2D eigenvalue weighted by atomic mass is 9.84. The predicted octanol–water partition coefficient (Wildman–Crippen LogP) is 5.50. The van der Waals surface area contributed by atoms with Crippen LogP contribution in [0.1, 0.15) is 55.3 Å². The molecule has 0 N–H and O–H groups in total. The summed E-state index contributed by atoms with van der Waals surface area (Å²) in [5, 5.41) is 0. The molecule has 0 saturated carbocycles. The van der Waals surface area contributed by atoms with E-state index in [0.717, 1.165) is 11.1 Å². The zero-order chi connectivity index (χ0) is 27.6. The highest BCUT2D eigenvalue weighted by Gasteiger charge is 2.38. The first-order valence-electron chi connectivity index (χ1n) is 12.6. The van der Waals surface area contributed by atoms with Crippen LogP contribution in [0.15, 0.2) is 90.9 Å². The molecule has 2 aliphatic rings. The molecule has 0 fully saturated rings. The van der Waals surface area contributed by atoms with Crippen molar-refractivity contribution in [1.82, 2.24) is 4.98 Å². The van der Waals surface area contributed by atoms with E-state index in [2.05, 4.69) is 4.98 Å². The van der Waals surface area contributed by atoms with Gasteiger partial charge in [-0.3, -0.25) is 14.6 Å². The zero-order valence-corrected chi connectivity index (χ0v) is 21.5. The fraction of sp³-hybridized carbons (Fsp3) is 0.125. The average molecular weight is 534 g/mol. The first-order chi connectivity index (χ1) is 19.5. The van der Waals surface area contributed by atoms with Crippen LogP contribution in [0.4, 0.5) is 0 Å². The number of pyridine rings is 1. The Morgan fingerprint density at radius 2 is 1.88 bits per heavy atom. The Bertz CT molecular complexity index is 1660. The van der Waals surface area contributed by atoms with Crippen molar-refractivity contribution in [3.63, 3.8) is 0 Å². The van der Waals surface area contributed by atoms with Crippen molar-refractivity contribution in [3.05, 3.63) is 124 Å². The molecular formula is C32H23NO7. The van der Waals surface area contributed by atoms with Gasteiger partial charge >= 0.3 is 11.9 Å². The number of fused-ring (bicyclic) bond motifs is 3. The topological polar surface area (TPSA) is 101 Å². The highest BCUT2D eigenvalue weighted by Crippen LogP contribution is 2.49. The summed E-state index contributed by atoms with van der Waals surface area (Å²) in [6.07, 6.45) is 5.15. The van der Waals surface area contributed by atoms with Gasteiger partial charge in [0.25, 0.3) is 0 Å². The fourth-order valence-electron chi connectivity index (χ4n) is 4.85. The van der Waals surface area contributed by atoms with Crippen LogP contribution >= 0.6 is 0 Å². The first-order valence-corrected chi connectivity index (χ1v) is 12.6. The third-order valence-electron chi connectivity index (χ3n) is 6.80. The number of rotatable bonds is 6. The van der Waals surface area contributed by atoms with Crippen molar-refractivity contribution in [1.29, 1.82) is 0 Å². The fourth-order valence-corrected chi connectivity index (χ4v) is 4.85. The molecule has 1 atom stereocenters. The Kier molecular flexibility index (Phi) is 6.57. The molecule has 40 heavy (non-hydrogen) atoms. The van der Waals surface area contributed by atoms with Crippen LogP contribution in [0.25, 0.3) is 6.08 Å². The number of carbonyl (C=O) groups excluding carboxylic acids is 3. The van der Waals surface area contributed by atoms with Gasteiger partial charge in [0.1, 0.15) is 23.9 Å². The summed E-state index contributed by atoms with van der Waals surface area (Å²) in [7, 11) is 1.32. The summed E-state index contributed by atoms with van der Waals surface area (Å²) >= 11 is 0. The zero-order valence-electron chi connectivity index (χ0n) is 21.5. The summed E-state index contributed by atoms with van der Waals surface area (Å²) in [6, 6.07) is 21.2. The molecule has 0 radical (unpaired) electrons. The van der Waals surface area contributed by atoms with Crippen molar-refractivity contribution < 1.29 is 33.3 Å². The predicted molar refractivity (Wildman–Crippen MR) is 144 cm³/mol. The van der Waals surface area contributed by atoms with Crippen molar-refractivity contribution >= 4 is 23.8 Å². The van der Waals surface area contributed by atoms with Gasteiger partial charge in [0.05, 0.1) is 24.7 Å². The van der Waals surface area contributed by atoms with E-state index in [1.54, 1.807) is 54.9 Å². The van der Waals surface area contributed by atoms with Crippen LogP contribution in [0.3, 0.4) is 0 Å². The molecule has 198 valence electrons. The SMILES string of the molecule is COC(=O)c1ccc(/C=C2\Oc3c(ccc4c3C(c3cccc(OCc5cccnc5)c3)CC(=O)O4)C2=O)cc1. The van der Waals surface area contributed by atoms with Gasteiger partial charge < -0.3 is 18.9 Å². The normalized spacial score (nSPS) is 16.5. The molecule has 0 bridgehead atoms. The summed E-state index contributed by atoms with van der Waals surface area (Å²) in [4.78, 5) is 41.7. The summed E-state index contributed by atoms with van der Waals surface area (Å²) in [5.41, 5.74) is 3.88. The minimum Gasteiger partial charge on any atom is -0.489 e. The monoisotopic (exact) mass is 533 g/mol. The number of ketones is 1. The van der Waals surface area contributed by atoms with E-state index < -0.39 is 11.9 Å². The van der Waals surface area contributed by atoms with E-state index in [1.165, 1.54) is 7.11 Å². The van der Waals surface area contributed by atoms with Crippen LogP contribution in [0.5, 0.6) is 17.2 Å². The van der Waals surface area contributed by atoms with Gasteiger partial charge in [-0.1, -0.05) is 30.3 Å². The number of aromatic nitrogens is 1. The molecule has 0 amide bonds. The van der Waals surface area contributed by atoms with E-state index >= 15 is 0 Å². The number of carbonyl (C=O) groups is 3. The number of benzene rings is 3. The minimum atomic E-state index is -0.446. The largest absolute Gasteiger partial charge is 0.489 e. The summed E-state index contributed by atoms with van der Waals surface area (Å²) in [5.74, 6) is 0.0141. The number of hydrogen-bond acceptors (Lipinski definition) is 8. The van der Waals surface area contributed by atoms with Crippen LogP contribution in [0.2, 0.25) is 0 Å². The molecule has 3 aromatic carbocycles. The number of hydrogen-bond donors (Lipinski definition) is 0. The maximum absolute atomic E-state index is 13.3. The van der Waals surface area contributed by atoms with Crippen molar-refractivity contribution in [2.24, 2.45) is 0 Å². The molecule has 3 heterocycles. The summed E-state index contributed by atoms with van der Waals surface area (Å²) in [6.45, 7) is 0.350. The lowest BCUT2D eigenvalue weighted by molar-refractivity contribution is -0.135. The number of esters is 2. The second kappa shape index (κ2) is 10.5. The molecule has 0 saturated heterocycles. The van der Waals surface area contributed by atoms with E-state index in [-0.39, 0.29) is 23.9 Å². The number of allylic oxidation sites excluding steroid dienone is 1. The quantitative estimate of drug-likeness (QED) is 0.182. The minimum absolute atomic E-state index is 0.0844. The first kappa shape index (κ1) is 25.1. The highest BCUT2D eigenvalue weighted by molar-refractivity contribution is 6.15. The lowest BCUT2D eigenvalue weighted by Crippen LogP contribution is -2.21. The Morgan fingerprint density at radius 1 is 1.02 bits per heavy atom. The molecule has 0 aliphatic carbocycles. The molecule has 8 nitrogen and oxygen atoms in total. The molecule has 6 rings (SSSR count). The number of nitrogens with zero attached hydrogens (tertiary/aromatic N) is 1. The van der Waals surface area contributed by atoms with Crippen molar-refractivity contribution in [2.45, 2.75) is 18.9 Å². The molecule has 0 spiro atoms. The van der Waals surface area contributed by atoms with Crippen LogP contribution < -0.4 is 14.2 Å². The molecule has 8 heteroatoms. The van der Waals surface area contributed by atoms with Gasteiger partial charge in [-0.05, 0) is 59.7 Å². The van der Waals surface area contributed by atoms with Crippen LogP contribution in [-0.4, -0.2) is 29.8 Å². The van der Waals surface area contributed by atoms with Gasteiger partial charge in [-0.2, -0.15) is 0 Å². The Morgan fingerprint density at radius 3 is 2.65 bits per heavy atom. The number of Topliss-reactive ketones (excluding diaryl/α,β-unsaturated/α-hetero) is 1. The molecular weight excluding hydrogens is 510 g/mol. The molecule has 1 aromatic heterocycles. The van der Waals surface area contributed by atoms with Gasteiger partial charge in [-0.25, -0.2) is 4.79 Å². The Hall–Kier alpha value is -5.24. The van der Waals surface area contributed by atoms with Crippen LogP contribution in [0, 0.1) is 0 Å². The van der Waals surface area contributed by atoms with Crippen molar-refractivity contribution in [2.75, 3.05) is 7.11 Å². The molecule has 2 aliphatic heterocycles. The number of methoxy groups -OCH3 is 1. The maximum Gasteiger partial charge on any atom is 0.337 e. The highest BCUT2D eigenvalue weighted by atomic mass is 16.5. The standard InChI is InChI=1S/C32H23NO7/c1-37-32(36)21-9-7-19(8-10-21)14-27-30(35)24-11-12-26-29(31(24)40-27)25(16-28(34)39-26)22-5-2-6-23(15-22)38-18-20-4-3-13-33-17-20/h2-15,17,25H,16,18H2,1H3/b27-14-. The number of ether oxygens (including phenoxy) is 4. The van der Waals surface area contributed by atoms with E-state index in [0.29, 0.717) is 46.1 Å². The second-order valence-electron chi connectivity index (χ2n) is 9.36. The molecule has 4 aromatic rings. The van der Waals surface area contributed by atoms with E-state index in [1.807, 2.05) is 36.4 Å². The van der Waals surface area contributed by atoms with E-state index in [4.69, 9.17) is 18.9 Å². The average Bonchev–Trinajstić information content (AvgIpc) is 3.30. The Balaban J connectivity index is 1.31. The third kappa shape index (κ3) is 4.82. The van der Waals surface area contributed by atoms with Gasteiger partial charge in [0.2, 0.25) is 5.78 Å². The summed E-state index contributed by atoms with van der Waals surface area (Å²) < 4.78 is 22.4. The van der Waals surface area contributed by atoms with E-state index in [9.17, 15) is 14.4 Å². The van der Waals surface area contributed by atoms with Crippen LogP contribution in [-0.2, 0) is 16.1 Å². The molecule has 1 unspecified atom stereocenters. The van der Waals surface area contributed by atoms with Crippen molar-refractivity contribution in [3.8, 4) is 17.2 Å². The van der Waals surface area contributed by atoms with Gasteiger partial charge in [0, 0.05) is 29.4 Å². The lowest BCUT2D eigenvalue weighted by Gasteiger charge is -2.26. The third-order valence-corrected chi connectivity index (χ3v) is 6.80. The maximum atomic E-state index is 13.3. The second-order valence-corrected chi connectivity index (χ2v) is 9.36. The van der Waals surface area contributed by atoms with Gasteiger partial charge in [0.15, 0.2) is 5.76 Å². The van der Waals surface area contributed by atoms with Gasteiger partial charge in [-0.15, -0.1) is 0 Å².